The first-order valence-corrected chi connectivity index (χ1v) is 16.4. The molecule has 0 unspecified atom stereocenters. The third kappa shape index (κ3) is 8.22. The van der Waals surface area contributed by atoms with Crippen LogP contribution >= 0.6 is 23.5 Å². The van der Waals surface area contributed by atoms with E-state index in [0.717, 1.165) is 32.7 Å². The Kier molecular flexibility index (Phi) is 11.0. The van der Waals surface area contributed by atoms with E-state index in [1.165, 1.54) is 28.4 Å². The van der Waals surface area contributed by atoms with Gasteiger partial charge in [0.05, 0.1) is 17.7 Å². The third-order valence-corrected chi connectivity index (χ3v) is 10.5. The predicted octanol–water partition coefficient (Wildman–Crippen LogP) is 4.79. The van der Waals surface area contributed by atoms with Crippen molar-refractivity contribution < 1.29 is 19.5 Å². The number of nitrogens with zero attached hydrogens (tertiary/aromatic N) is 1. The molecular formula is C34H41N3O4S2. The molecule has 228 valence electrons. The van der Waals surface area contributed by atoms with Crippen molar-refractivity contribution >= 4 is 41.2 Å². The predicted molar refractivity (Wildman–Crippen MR) is 175 cm³/mol. The van der Waals surface area contributed by atoms with Crippen molar-refractivity contribution in [1.82, 2.24) is 15.5 Å². The molecule has 7 nitrogen and oxygen atoms in total. The zero-order valence-electron chi connectivity index (χ0n) is 25.4. The lowest BCUT2D eigenvalue weighted by Gasteiger charge is -2.33. The summed E-state index contributed by atoms with van der Waals surface area (Å²) in [4.78, 5) is 43.1. The average Bonchev–Trinajstić information content (AvgIpc) is 3.30. The number of thioether (sulfide) groups is 2. The number of carbonyl (C=O) groups is 3. The maximum atomic E-state index is 13.9. The van der Waals surface area contributed by atoms with Gasteiger partial charge in [0.1, 0.15) is 6.04 Å². The Balaban J connectivity index is 1.49. The molecule has 1 aliphatic heterocycles. The molecule has 0 bridgehead atoms. The highest BCUT2D eigenvalue weighted by Crippen LogP contribution is 2.40. The van der Waals surface area contributed by atoms with Gasteiger partial charge in [-0.2, -0.15) is 0 Å². The molecule has 0 radical (unpaired) electrons. The van der Waals surface area contributed by atoms with Gasteiger partial charge in [0.2, 0.25) is 11.8 Å². The minimum absolute atomic E-state index is 0.147. The number of hydrogen-bond donors (Lipinski definition) is 3. The number of nitrogens with one attached hydrogen (secondary N) is 2. The van der Waals surface area contributed by atoms with Gasteiger partial charge in [0.25, 0.3) is 5.91 Å². The molecular weight excluding hydrogens is 579 g/mol. The van der Waals surface area contributed by atoms with Crippen molar-refractivity contribution in [3.8, 4) is 0 Å². The lowest BCUT2D eigenvalue weighted by atomic mass is 9.97. The summed E-state index contributed by atoms with van der Waals surface area (Å²) in [6, 6.07) is 21.7. The van der Waals surface area contributed by atoms with Crippen molar-refractivity contribution in [2.75, 3.05) is 11.6 Å². The SMILES string of the molecule is Cc1ccccc1CNC(=O)[C@@H]1N(C(=O)[C@@H](O)[C@H](Cc2ccccc2)NC(=O)CSc2c(C)cccc2C)CSC1(C)C. The number of aryl methyl sites for hydroxylation is 3. The van der Waals surface area contributed by atoms with E-state index < -0.39 is 28.8 Å². The van der Waals surface area contributed by atoms with Crippen LogP contribution in [0.5, 0.6) is 0 Å². The van der Waals surface area contributed by atoms with Gasteiger partial charge in [-0.3, -0.25) is 14.4 Å². The quantitative estimate of drug-likeness (QED) is 0.267. The topological polar surface area (TPSA) is 98.7 Å². The van der Waals surface area contributed by atoms with Gasteiger partial charge in [-0.1, -0.05) is 72.8 Å². The Morgan fingerprint density at radius 2 is 1.58 bits per heavy atom. The first-order chi connectivity index (χ1) is 20.5. The van der Waals surface area contributed by atoms with Gasteiger partial charge in [-0.05, 0) is 68.9 Å². The first-order valence-electron chi connectivity index (χ1n) is 14.4. The van der Waals surface area contributed by atoms with E-state index in [0.29, 0.717) is 6.54 Å². The number of hydrogen-bond acceptors (Lipinski definition) is 6. The van der Waals surface area contributed by atoms with Gasteiger partial charge >= 0.3 is 0 Å². The molecule has 3 atom stereocenters. The van der Waals surface area contributed by atoms with E-state index in [-0.39, 0.29) is 29.9 Å². The van der Waals surface area contributed by atoms with Crippen molar-refractivity contribution in [1.29, 1.82) is 0 Å². The van der Waals surface area contributed by atoms with Crippen LogP contribution in [0.3, 0.4) is 0 Å². The minimum Gasteiger partial charge on any atom is -0.381 e. The molecule has 3 aromatic rings. The molecule has 4 rings (SSSR count). The van der Waals surface area contributed by atoms with Gasteiger partial charge < -0.3 is 20.6 Å². The molecule has 9 heteroatoms. The standard InChI is InChI=1S/C34H41N3O4S2/c1-22-12-9-10-17-26(22)19-35-32(40)31-34(4,5)43-21-37(31)33(41)29(39)27(18-25-15-7-6-8-16-25)36-28(38)20-42-30-23(2)13-11-14-24(30)3/h6-17,27,29,31,39H,18-21H2,1-5H3,(H,35,40)(H,36,38)/t27-,29-,31-/m0/s1. The molecule has 0 aromatic heterocycles. The summed E-state index contributed by atoms with van der Waals surface area (Å²) < 4.78 is -0.564. The molecule has 3 N–H and O–H groups in total. The van der Waals surface area contributed by atoms with E-state index in [9.17, 15) is 19.5 Å². The fourth-order valence-corrected chi connectivity index (χ4v) is 7.46. The number of aliphatic hydroxyl groups is 1. The second-order valence-electron chi connectivity index (χ2n) is 11.5. The number of aliphatic hydroxyl groups excluding tert-OH is 1. The summed E-state index contributed by atoms with van der Waals surface area (Å²) in [5.41, 5.74) is 5.14. The Morgan fingerprint density at radius 1 is 0.953 bits per heavy atom. The summed E-state index contributed by atoms with van der Waals surface area (Å²) >= 11 is 2.93. The van der Waals surface area contributed by atoms with Gasteiger partial charge in [-0.25, -0.2) is 0 Å². The van der Waals surface area contributed by atoms with Gasteiger partial charge in [0.15, 0.2) is 6.10 Å². The Morgan fingerprint density at radius 3 is 2.26 bits per heavy atom. The third-order valence-electron chi connectivity index (χ3n) is 7.83. The Hall–Kier alpha value is -3.27. The Labute approximate surface area is 263 Å². The molecule has 0 saturated carbocycles. The van der Waals surface area contributed by atoms with Crippen molar-refractivity contribution in [2.45, 2.75) is 75.4 Å². The van der Waals surface area contributed by atoms with Gasteiger partial charge in [0, 0.05) is 16.2 Å². The van der Waals surface area contributed by atoms with Crippen LogP contribution in [0.1, 0.15) is 41.7 Å². The van der Waals surface area contributed by atoms with Crippen LogP contribution in [0.2, 0.25) is 0 Å². The largest absolute Gasteiger partial charge is 0.381 e. The minimum atomic E-state index is -1.53. The molecule has 1 saturated heterocycles. The average molecular weight is 620 g/mol. The van der Waals surface area contributed by atoms with Crippen LogP contribution in [0.4, 0.5) is 0 Å². The zero-order chi connectivity index (χ0) is 31.1. The highest BCUT2D eigenvalue weighted by atomic mass is 32.2. The number of carbonyl (C=O) groups excluding carboxylic acids is 3. The van der Waals surface area contributed by atoms with Crippen molar-refractivity contribution in [2.24, 2.45) is 0 Å². The number of amides is 3. The highest BCUT2D eigenvalue weighted by molar-refractivity contribution is 8.01. The molecule has 1 aliphatic rings. The van der Waals surface area contributed by atoms with Crippen LogP contribution in [0.25, 0.3) is 0 Å². The van der Waals surface area contributed by atoms with Crippen LogP contribution < -0.4 is 10.6 Å². The summed E-state index contributed by atoms with van der Waals surface area (Å²) in [7, 11) is 0. The van der Waals surface area contributed by atoms with Crippen LogP contribution in [-0.2, 0) is 27.3 Å². The van der Waals surface area contributed by atoms with E-state index in [1.807, 2.05) is 107 Å². The van der Waals surface area contributed by atoms with Crippen molar-refractivity contribution in [3.63, 3.8) is 0 Å². The summed E-state index contributed by atoms with van der Waals surface area (Å²) in [5, 5.41) is 17.4. The Bertz CT molecular complexity index is 1430. The molecule has 0 spiro atoms. The second-order valence-corrected chi connectivity index (χ2v) is 14.1. The van der Waals surface area contributed by atoms with Crippen LogP contribution in [0, 0.1) is 20.8 Å². The summed E-state index contributed by atoms with van der Waals surface area (Å²) in [5.74, 6) is -0.706. The molecule has 43 heavy (non-hydrogen) atoms. The second kappa shape index (κ2) is 14.5. The fourth-order valence-electron chi connectivity index (χ4n) is 5.36. The van der Waals surface area contributed by atoms with E-state index >= 15 is 0 Å². The van der Waals surface area contributed by atoms with E-state index in [4.69, 9.17) is 0 Å². The van der Waals surface area contributed by atoms with Crippen molar-refractivity contribution in [3.05, 3.63) is 101 Å². The van der Waals surface area contributed by atoms with Crippen LogP contribution in [0.15, 0.2) is 77.7 Å². The number of rotatable bonds is 11. The molecule has 0 aliphatic carbocycles. The molecule has 1 fully saturated rings. The summed E-state index contributed by atoms with van der Waals surface area (Å²) in [6.07, 6.45) is -1.27. The normalized spacial score (nSPS) is 17.3. The maximum absolute atomic E-state index is 13.9. The maximum Gasteiger partial charge on any atom is 0.254 e. The summed E-state index contributed by atoms with van der Waals surface area (Å²) in [6.45, 7) is 10.2. The fraction of sp³-hybridized carbons (Fsp3) is 0.382. The van der Waals surface area contributed by atoms with E-state index in [2.05, 4.69) is 10.6 Å². The smallest absolute Gasteiger partial charge is 0.254 e. The lowest BCUT2D eigenvalue weighted by Crippen LogP contribution is -2.58. The highest BCUT2D eigenvalue weighted by Gasteiger charge is 2.49. The monoisotopic (exact) mass is 619 g/mol. The molecule has 3 aromatic carbocycles. The van der Waals surface area contributed by atoms with Gasteiger partial charge in [-0.15, -0.1) is 23.5 Å². The molecule has 1 heterocycles. The lowest BCUT2D eigenvalue weighted by molar-refractivity contribution is -0.147. The zero-order valence-corrected chi connectivity index (χ0v) is 27.1. The number of benzene rings is 3. The first kappa shape index (κ1) is 32.6. The van der Waals surface area contributed by atoms with Crippen LogP contribution in [-0.4, -0.2) is 62.3 Å². The van der Waals surface area contributed by atoms with E-state index in [1.54, 1.807) is 0 Å². The molecule has 3 amide bonds.